The van der Waals surface area contributed by atoms with E-state index in [1.165, 1.54) is 11.1 Å². The maximum absolute atomic E-state index is 5.45. The van der Waals surface area contributed by atoms with Crippen LogP contribution in [0.1, 0.15) is 31.9 Å². The van der Waals surface area contributed by atoms with Crippen LogP contribution in [0.5, 0.6) is 5.75 Å². The molecule has 0 amide bonds. The highest BCUT2D eigenvalue weighted by Crippen LogP contribution is 2.28. The summed E-state index contributed by atoms with van der Waals surface area (Å²) in [5.74, 6) is 6.28. The van der Waals surface area contributed by atoms with E-state index in [4.69, 9.17) is 10.6 Å². The summed E-state index contributed by atoms with van der Waals surface area (Å²) in [6.07, 6.45) is 0.950. The Bertz CT molecular complexity index is 399. The lowest BCUT2D eigenvalue weighted by molar-refractivity contribution is 0.310. The Morgan fingerprint density at radius 1 is 1.32 bits per heavy atom. The van der Waals surface area contributed by atoms with Crippen LogP contribution in [0.15, 0.2) is 18.2 Å². The first-order valence-corrected chi connectivity index (χ1v) is 6.68. The van der Waals surface area contributed by atoms with Crippen LogP contribution in [-0.4, -0.2) is 32.3 Å². The minimum atomic E-state index is 0.158. The summed E-state index contributed by atoms with van der Waals surface area (Å²) in [5, 5.41) is 0. The van der Waals surface area contributed by atoms with Crippen LogP contribution in [0.3, 0.4) is 0 Å². The molecule has 0 unspecified atom stereocenters. The zero-order valence-electron chi connectivity index (χ0n) is 12.8. The third kappa shape index (κ3) is 4.82. The third-order valence-corrected chi connectivity index (χ3v) is 3.27. The van der Waals surface area contributed by atoms with Crippen LogP contribution in [0, 0.1) is 0 Å². The van der Waals surface area contributed by atoms with Gasteiger partial charge >= 0.3 is 0 Å². The molecule has 0 aliphatic heterocycles. The lowest BCUT2D eigenvalue weighted by Gasteiger charge is -2.22. The first kappa shape index (κ1) is 16.0. The van der Waals surface area contributed by atoms with Gasteiger partial charge in [-0.15, -0.1) is 0 Å². The zero-order chi connectivity index (χ0) is 14.5. The molecular formula is C15H27N3O. The number of ether oxygens (including phenoxy) is 1. The SMILES string of the molecule is COc1ccc(C(C)(C)C)cc1CCN(C)CNN. The predicted octanol–water partition coefficient (Wildman–Crippen LogP) is 1.89. The number of nitrogens with two attached hydrogens (primary N) is 1. The van der Waals surface area contributed by atoms with Gasteiger partial charge < -0.3 is 4.74 Å². The Kier molecular flexibility index (Phi) is 5.79. The Labute approximate surface area is 116 Å². The molecule has 1 aromatic carbocycles. The van der Waals surface area contributed by atoms with Crippen molar-refractivity contribution in [2.24, 2.45) is 5.84 Å². The molecule has 0 saturated carbocycles. The summed E-state index contributed by atoms with van der Waals surface area (Å²) in [6, 6.07) is 6.47. The summed E-state index contributed by atoms with van der Waals surface area (Å²) >= 11 is 0. The van der Waals surface area contributed by atoms with Gasteiger partial charge in [-0.2, -0.15) is 0 Å². The quantitative estimate of drug-likeness (QED) is 0.468. The molecule has 3 N–H and O–H groups in total. The lowest BCUT2D eigenvalue weighted by atomic mass is 9.85. The second kappa shape index (κ2) is 6.89. The van der Waals surface area contributed by atoms with E-state index < -0.39 is 0 Å². The topological polar surface area (TPSA) is 50.5 Å². The van der Waals surface area contributed by atoms with E-state index in [2.05, 4.69) is 49.3 Å². The molecule has 0 bridgehead atoms. The maximum atomic E-state index is 5.45. The minimum Gasteiger partial charge on any atom is -0.496 e. The first-order valence-electron chi connectivity index (χ1n) is 6.68. The summed E-state index contributed by atoms with van der Waals surface area (Å²) in [5.41, 5.74) is 5.41. The van der Waals surface area contributed by atoms with Crippen molar-refractivity contribution in [3.63, 3.8) is 0 Å². The smallest absolute Gasteiger partial charge is 0.122 e. The standard InChI is InChI=1S/C15H27N3O/c1-15(2,3)13-6-7-14(19-5)12(10-13)8-9-18(4)11-17-16/h6-7,10,17H,8-9,11,16H2,1-5H3. The van der Waals surface area contributed by atoms with Gasteiger partial charge in [-0.25, -0.2) is 5.43 Å². The molecule has 0 aliphatic rings. The van der Waals surface area contributed by atoms with Gasteiger partial charge in [0.1, 0.15) is 5.75 Å². The van der Waals surface area contributed by atoms with Crippen molar-refractivity contribution < 1.29 is 4.74 Å². The molecule has 4 nitrogen and oxygen atoms in total. The van der Waals surface area contributed by atoms with Gasteiger partial charge in [0.05, 0.1) is 13.8 Å². The molecule has 1 aromatic rings. The molecular weight excluding hydrogens is 238 g/mol. The number of hydrogen-bond donors (Lipinski definition) is 2. The van der Waals surface area contributed by atoms with E-state index in [9.17, 15) is 0 Å². The number of nitrogens with one attached hydrogen (secondary N) is 1. The summed E-state index contributed by atoms with van der Waals surface area (Å²) < 4.78 is 5.45. The van der Waals surface area contributed by atoms with E-state index in [1.54, 1.807) is 7.11 Å². The minimum absolute atomic E-state index is 0.158. The van der Waals surface area contributed by atoms with E-state index in [-0.39, 0.29) is 5.41 Å². The summed E-state index contributed by atoms with van der Waals surface area (Å²) in [4.78, 5) is 2.14. The van der Waals surface area contributed by atoms with E-state index >= 15 is 0 Å². The second-order valence-electron chi connectivity index (χ2n) is 5.97. The van der Waals surface area contributed by atoms with Gasteiger partial charge in [-0.3, -0.25) is 10.7 Å². The number of methoxy groups -OCH3 is 1. The predicted molar refractivity (Wildman–Crippen MR) is 80.2 cm³/mol. The number of benzene rings is 1. The summed E-state index contributed by atoms with van der Waals surface area (Å²) in [6.45, 7) is 8.30. The molecule has 0 aliphatic carbocycles. The molecule has 19 heavy (non-hydrogen) atoms. The van der Waals surface area contributed by atoms with Crippen LogP contribution in [0.4, 0.5) is 0 Å². The van der Waals surface area contributed by atoms with Crippen molar-refractivity contribution in [2.75, 3.05) is 27.4 Å². The number of likely N-dealkylation sites (N-methyl/N-ethyl adjacent to an activating group) is 1. The molecule has 0 saturated heterocycles. The molecule has 0 aromatic heterocycles. The number of rotatable bonds is 6. The van der Waals surface area contributed by atoms with Gasteiger partial charge in [0.15, 0.2) is 0 Å². The Balaban J connectivity index is 2.84. The molecule has 0 fully saturated rings. The molecule has 108 valence electrons. The van der Waals surface area contributed by atoms with Crippen molar-refractivity contribution in [1.82, 2.24) is 10.3 Å². The Morgan fingerprint density at radius 3 is 2.53 bits per heavy atom. The monoisotopic (exact) mass is 265 g/mol. The van der Waals surface area contributed by atoms with Crippen LogP contribution in [0.25, 0.3) is 0 Å². The average molecular weight is 265 g/mol. The van der Waals surface area contributed by atoms with Gasteiger partial charge in [-0.05, 0) is 36.1 Å². The zero-order valence-corrected chi connectivity index (χ0v) is 12.8. The third-order valence-electron chi connectivity index (χ3n) is 3.27. The van der Waals surface area contributed by atoms with Crippen LogP contribution in [-0.2, 0) is 11.8 Å². The fourth-order valence-electron chi connectivity index (χ4n) is 1.99. The number of nitrogens with zero attached hydrogens (tertiary/aromatic N) is 1. The van der Waals surface area contributed by atoms with Gasteiger partial charge in [0.25, 0.3) is 0 Å². The maximum Gasteiger partial charge on any atom is 0.122 e. The van der Waals surface area contributed by atoms with Crippen molar-refractivity contribution in [3.05, 3.63) is 29.3 Å². The highest BCUT2D eigenvalue weighted by atomic mass is 16.5. The van der Waals surface area contributed by atoms with Crippen molar-refractivity contribution in [1.29, 1.82) is 0 Å². The van der Waals surface area contributed by atoms with E-state index in [1.807, 2.05) is 7.05 Å². The average Bonchev–Trinajstić information content (AvgIpc) is 2.35. The normalized spacial score (nSPS) is 11.9. The number of hydrazine groups is 1. The summed E-state index contributed by atoms with van der Waals surface area (Å²) in [7, 11) is 3.76. The van der Waals surface area contributed by atoms with Crippen LogP contribution in [0.2, 0.25) is 0 Å². The highest BCUT2D eigenvalue weighted by molar-refractivity contribution is 5.39. The Hall–Kier alpha value is -1.10. The lowest BCUT2D eigenvalue weighted by Crippen LogP contribution is -2.36. The van der Waals surface area contributed by atoms with Gasteiger partial charge in [0, 0.05) is 6.54 Å². The van der Waals surface area contributed by atoms with Gasteiger partial charge in [-0.1, -0.05) is 32.9 Å². The Morgan fingerprint density at radius 2 is 2.00 bits per heavy atom. The van der Waals surface area contributed by atoms with Crippen molar-refractivity contribution >= 4 is 0 Å². The van der Waals surface area contributed by atoms with Crippen LogP contribution < -0.4 is 16.0 Å². The molecule has 4 heteroatoms. The molecule has 0 heterocycles. The fourth-order valence-corrected chi connectivity index (χ4v) is 1.99. The largest absolute Gasteiger partial charge is 0.496 e. The first-order chi connectivity index (χ1) is 8.88. The highest BCUT2D eigenvalue weighted by Gasteiger charge is 2.15. The molecule has 1 rings (SSSR count). The second-order valence-corrected chi connectivity index (χ2v) is 5.97. The van der Waals surface area contributed by atoms with Gasteiger partial charge in [0.2, 0.25) is 0 Å². The molecule has 0 spiro atoms. The van der Waals surface area contributed by atoms with Crippen molar-refractivity contribution in [3.8, 4) is 5.75 Å². The molecule has 0 atom stereocenters. The van der Waals surface area contributed by atoms with E-state index in [0.29, 0.717) is 6.67 Å². The molecule has 0 radical (unpaired) electrons. The van der Waals surface area contributed by atoms with E-state index in [0.717, 1.165) is 18.7 Å². The van der Waals surface area contributed by atoms with Crippen molar-refractivity contribution in [2.45, 2.75) is 32.6 Å². The van der Waals surface area contributed by atoms with Crippen LogP contribution >= 0.6 is 0 Å². The fraction of sp³-hybridized carbons (Fsp3) is 0.600. The number of hydrogen-bond acceptors (Lipinski definition) is 4.